The molecule has 21 heavy (non-hydrogen) atoms. The molecule has 3 fully saturated rings. The summed E-state index contributed by atoms with van der Waals surface area (Å²) in [5, 5.41) is 10.3. The van der Waals surface area contributed by atoms with Gasteiger partial charge in [0, 0.05) is 13.1 Å². The van der Waals surface area contributed by atoms with Crippen molar-refractivity contribution >= 4 is 5.69 Å². The Kier molecular flexibility index (Phi) is 3.37. The molecule has 0 aliphatic carbocycles. The summed E-state index contributed by atoms with van der Waals surface area (Å²) < 4.78 is 21.6. The van der Waals surface area contributed by atoms with Gasteiger partial charge in [0.05, 0.1) is 32.0 Å². The maximum atomic E-state index is 10.3. The molecule has 3 aliphatic heterocycles. The van der Waals surface area contributed by atoms with Gasteiger partial charge in [0.1, 0.15) is 29.9 Å². The number of benzene rings is 1. The van der Waals surface area contributed by atoms with Gasteiger partial charge in [-0.15, -0.1) is 0 Å². The van der Waals surface area contributed by atoms with E-state index in [1.165, 1.54) is 0 Å². The lowest BCUT2D eigenvalue weighted by Gasteiger charge is -2.26. The molecule has 1 aromatic carbocycles. The van der Waals surface area contributed by atoms with E-state index >= 15 is 0 Å². The van der Waals surface area contributed by atoms with Crippen LogP contribution < -0.4 is 9.64 Å². The summed E-state index contributed by atoms with van der Waals surface area (Å²) in [5.74, 6) is 0.914. The lowest BCUT2D eigenvalue weighted by molar-refractivity contribution is 0.262. The molecule has 0 spiro atoms. The topological polar surface area (TPSA) is 70.3 Å². The Balaban J connectivity index is 1.55. The first-order chi connectivity index (χ1) is 10.3. The molecule has 114 valence electrons. The van der Waals surface area contributed by atoms with Crippen LogP contribution in [0.5, 0.6) is 11.5 Å². The van der Waals surface area contributed by atoms with Crippen LogP contribution in [0.15, 0.2) is 18.2 Å². The third kappa shape index (κ3) is 3.40. The number of rotatable bonds is 8. The predicted octanol–water partition coefficient (Wildman–Crippen LogP) is 0.774. The Morgan fingerprint density at radius 3 is 2.24 bits per heavy atom. The Bertz CT molecular complexity index is 497. The van der Waals surface area contributed by atoms with Crippen molar-refractivity contribution in [3.05, 3.63) is 18.2 Å². The van der Waals surface area contributed by atoms with Crippen molar-refractivity contribution in [2.45, 2.75) is 18.3 Å². The smallest absolute Gasteiger partial charge is 0.146 e. The second-order valence-electron chi connectivity index (χ2n) is 5.71. The van der Waals surface area contributed by atoms with Gasteiger partial charge < -0.3 is 29.0 Å². The summed E-state index contributed by atoms with van der Waals surface area (Å²) in [6, 6.07) is 5.36. The molecule has 4 rings (SSSR count). The summed E-state index contributed by atoms with van der Waals surface area (Å²) in [7, 11) is 0. The van der Waals surface area contributed by atoms with Gasteiger partial charge >= 0.3 is 0 Å². The first-order valence-corrected chi connectivity index (χ1v) is 7.34. The van der Waals surface area contributed by atoms with Crippen LogP contribution in [0.2, 0.25) is 0 Å². The molecule has 6 heteroatoms. The normalized spacial score (nSPS) is 29.0. The number of anilines is 1. The predicted molar refractivity (Wildman–Crippen MR) is 75.0 cm³/mol. The van der Waals surface area contributed by atoms with Crippen LogP contribution in [0.1, 0.15) is 0 Å². The van der Waals surface area contributed by atoms with Gasteiger partial charge in [0.2, 0.25) is 0 Å². The van der Waals surface area contributed by atoms with Crippen molar-refractivity contribution in [3.63, 3.8) is 0 Å². The molecule has 0 bridgehead atoms. The Morgan fingerprint density at radius 2 is 1.67 bits per heavy atom. The molecule has 0 amide bonds. The van der Waals surface area contributed by atoms with Crippen LogP contribution in [0.4, 0.5) is 5.69 Å². The van der Waals surface area contributed by atoms with Gasteiger partial charge in [-0.2, -0.15) is 0 Å². The summed E-state index contributed by atoms with van der Waals surface area (Å²) in [6.45, 7) is 4.32. The number of epoxide rings is 3. The molecule has 1 aromatic rings. The maximum Gasteiger partial charge on any atom is 0.146 e. The fraction of sp³-hybridized carbons (Fsp3) is 0.600. The zero-order chi connectivity index (χ0) is 14.2. The lowest BCUT2D eigenvalue weighted by atomic mass is 10.2. The van der Waals surface area contributed by atoms with Crippen LogP contribution in [0.25, 0.3) is 0 Å². The van der Waals surface area contributed by atoms with Gasteiger partial charge in [0.25, 0.3) is 0 Å². The molecule has 3 saturated heterocycles. The van der Waals surface area contributed by atoms with E-state index in [-0.39, 0.29) is 24.1 Å². The van der Waals surface area contributed by atoms with E-state index in [1.54, 1.807) is 12.1 Å². The summed E-state index contributed by atoms with van der Waals surface area (Å²) >= 11 is 0. The summed E-state index contributed by atoms with van der Waals surface area (Å²) in [4.78, 5) is 2.10. The number of phenolic OH excluding ortho intramolecular Hbond substituents is 1. The fourth-order valence-corrected chi connectivity index (χ4v) is 2.39. The van der Waals surface area contributed by atoms with Crippen LogP contribution in [0, 0.1) is 0 Å². The average Bonchev–Trinajstić information content (AvgIpc) is 3.33. The number of hydrogen-bond donors (Lipinski definition) is 1. The van der Waals surface area contributed by atoms with Gasteiger partial charge in [-0.25, -0.2) is 0 Å². The number of phenols is 1. The van der Waals surface area contributed by atoms with Gasteiger partial charge in [0.15, 0.2) is 0 Å². The van der Waals surface area contributed by atoms with Gasteiger partial charge in [-0.1, -0.05) is 6.07 Å². The van der Waals surface area contributed by atoms with Crippen LogP contribution in [0.3, 0.4) is 0 Å². The molecule has 6 nitrogen and oxygen atoms in total. The van der Waals surface area contributed by atoms with Crippen molar-refractivity contribution in [1.29, 1.82) is 0 Å². The molecule has 3 unspecified atom stereocenters. The maximum absolute atomic E-state index is 10.3. The average molecular weight is 293 g/mol. The highest BCUT2D eigenvalue weighted by molar-refractivity contribution is 5.67. The van der Waals surface area contributed by atoms with Gasteiger partial charge in [-0.05, 0) is 12.1 Å². The largest absolute Gasteiger partial charge is 0.506 e. The van der Waals surface area contributed by atoms with Gasteiger partial charge in [-0.3, -0.25) is 0 Å². The third-order valence-corrected chi connectivity index (χ3v) is 3.77. The van der Waals surface area contributed by atoms with Crippen molar-refractivity contribution in [2.75, 3.05) is 44.4 Å². The number of para-hydroxylation sites is 1. The fourth-order valence-electron chi connectivity index (χ4n) is 2.39. The number of nitrogens with zero attached hydrogens (tertiary/aromatic N) is 1. The Morgan fingerprint density at radius 1 is 1.05 bits per heavy atom. The molecule has 0 aromatic heterocycles. The second-order valence-corrected chi connectivity index (χ2v) is 5.71. The van der Waals surface area contributed by atoms with E-state index in [4.69, 9.17) is 18.9 Å². The minimum atomic E-state index is 0.187. The molecule has 0 radical (unpaired) electrons. The number of ether oxygens (including phenoxy) is 4. The van der Waals surface area contributed by atoms with Crippen molar-refractivity contribution < 1.29 is 24.1 Å². The van der Waals surface area contributed by atoms with E-state index in [2.05, 4.69) is 4.90 Å². The monoisotopic (exact) mass is 293 g/mol. The molecular formula is C15H19NO5. The highest BCUT2D eigenvalue weighted by Crippen LogP contribution is 2.39. The summed E-state index contributed by atoms with van der Waals surface area (Å²) in [6.07, 6.45) is 0.665. The molecular weight excluding hydrogens is 274 g/mol. The second kappa shape index (κ2) is 5.36. The quantitative estimate of drug-likeness (QED) is 0.714. The molecule has 3 atom stereocenters. The van der Waals surface area contributed by atoms with Crippen LogP contribution in [-0.2, 0) is 14.2 Å². The number of aromatic hydroxyl groups is 1. The third-order valence-electron chi connectivity index (χ3n) is 3.77. The molecule has 0 saturated carbocycles. The molecule has 3 heterocycles. The van der Waals surface area contributed by atoms with E-state index < -0.39 is 0 Å². The van der Waals surface area contributed by atoms with Crippen molar-refractivity contribution in [2.24, 2.45) is 0 Å². The highest BCUT2D eigenvalue weighted by atomic mass is 16.6. The first-order valence-electron chi connectivity index (χ1n) is 7.34. The van der Waals surface area contributed by atoms with E-state index in [0.717, 1.165) is 38.6 Å². The molecule has 3 aliphatic rings. The zero-order valence-electron chi connectivity index (χ0n) is 11.7. The highest BCUT2D eigenvalue weighted by Gasteiger charge is 2.33. The Labute approximate surface area is 123 Å². The SMILES string of the molecule is Oc1cccc(OCC2CO2)c1N(CC1CO1)CC1CO1. The van der Waals surface area contributed by atoms with E-state index in [1.807, 2.05) is 6.07 Å². The van der Waals surface area contributed by atoms with Crippen LogP contribution in [-0.4, -0.2) is 62.9 Å². The van der Waals surface area contributed by atoms with Crippen molar-refractivity contribution in [3.8, 4) is 11.5 Å². The van der Waals surface area contributed by atoms with Crippen LogP contribution >= 0.6 is 0 Å². The summed E-state index contributed by atoms with van der Waals surface area (Å²) in [5.41, 5.74) is 0.726. The number of hydrogen-bond acceptors (Lipinski definition) is 6. The molecule has 1 N–H and O–H groups in total. The Hall–Kier alpha value is -1.50. The zero-order valence-corrected chi connectivity index (χ0v) is 11.7. The van der Waals surface area contributed by atoms with E-state index in [9.17, 15) is 5.11 Å². The lowest BCUT2D eigenvalue weighted by Crippen LogP contribution is -2.32. The van der Waals surface area contributed by atoms with E-state index in [0.29, 0.717) is 12.4 Å². The first kappa shape index (κ1) is 13.2. The standard InChI is InChI=1S/C15H19NO5/c17-13-2-1-3-14(21-9-12-8-20-12)15(13)16(4-10-6-18-10)5-11-7-19-11/h1-3,10-12,17H,4-9H2. The van der Waals surface area contributed by atoms with Crippen molar-refractivity contribution in [1.82, 2.24) is 0 Å². The minimum absolute atomic E-state index is 0.187. The minimum Gasteiger partial charge on any atom is -0.506 e.